The number of aliphatic imine (C=N–C) groups is 1. The normalized spacial score (nSPS) is 15.3. The van der Waals surface area contributed by atoms with Crippen molar-refractivity contribution in [2.75, 3.05) is 0 Å². The zero-order valence-electron chi connectivity index (χ0n) is 17.7. The number of thioether (sulfide) groups is 1. The minimum Gasteiger partial charge on any atom is -0.488 e. The highest BCUT2D eigenvalue weighted by Gasteiger charge is 2.25. The number of halogens is 2. The van der Waals surface area contributed by atoms with Crippen molar-refractivity contribution < 1.29 is 19.2 Å². The summed E-state index contributed by atoms with van der Waals surface area (Å²) in [6.07, 6.45) is 1.63. The summed E-state index contributed by atoms with van der Waals surface area (Å²) in [7, 11) is 0. The third-order valence-corrected chi connectivity index (χ3v) is 6.37. The number of nitrogens with zero attached hydrogens (tertiary/aromatic N) is 2. The third-order valence-electron chi connectivity index (χ3n) is 4.72. The van der Waals surface area contributed by atoms with Gasteiger partial charge in [-0.3, -0.25) is 19.7 Å². The average molecular weight is 573 g/mol. The first-order valence-corrected chi connectivity index (χ1v) is 12.0. The summed E-state index contributed by atoms with van der Waals surface area (Å²) in [4.78, 5) is 39.7. The summed E-state index contributed by atoms with van der Waals surface area (Å²) in [6, 6.07) is 17.7. The standard InChI is InChI=1S/C24H15BrClN3O5S/c25-17-6-9-20(34-13-14-2-1-3-19(10-14)29(32)33)16(11-17)12-21-23(31)28-24(35-21)27-22(30)15-4-7-18(26)8-5-15/h1-12H,13H2,(H,27,28,30,31)/b21-12-. The molecule has 4 rings (SSSR count). The lowest BCUT2D eigenvalue weighted by Crippen LogP contribution is -2.20. The summed E-state index contributed by atoms with van der Waals surface area (Å²) in [6.45, 7) is 0.0983. The molecule has 1 fully saturated rings. The zero-order chi connectivity index (χ0) is 24.9. The molecule has 176 valence electrons. The molecule has 0 unspecified atom stereocenters. The van der Waals surface area contributed by atoms with E-state index in [1.165, 1.54) is 12.1 Å². The van der Waals surface area contributed by atoms with Gasteiger partial charge in [-0.1, -0.05) is 39.7 Å². The lowest BCUT2D eigenvalue weighted by Gasteiger charge is -2.10. The maximum Gasteiger partial charge on any atom is 0.279 e. The van der Waals surface area contributed by atoms with Gasteiger partial charge in [0.25, 0.3) is 17.5 Å². The largest absolute Gasteiger partial charge is 0.488 e. The van der Waals surface area contributed by atoms with E-state index in [0.717, 1.165) is 16.2 Å². The predicted molar refractivity (Wildman–Crippen MR) is 138 cm³/mol. The summed E-state index contributed by atoms with van der Waals surface area (Å²) in [5.41, 5.74) is 1.55. The molecule has 2 amide bonds. The number of rotatable bonds is 6. The molecule has 0 bridgehead atoms. The second kappa shape index (κ2) is 10.9. The number of hydrogen-bond acceptors (Lipinski definition) is 6. The fraction of sp³-hybridized carbons (Fsp3) is 0.0417. The van der Waals surface area contributed by atoms with Crippen molar-refractivity contribution in [3.63, 3.8) is 0 Å². The van der Waals surface area contributed by atoms with Crippen LogP contribution in [0.5, 0.6) is 5.75 Å². The van der Waals surface area contributed by atoms with Crippen LogP contribution in [0.2, 0.25) is 5.02 Å². The van der Waals surface area contributed by atoms with Crippen LogP contribution >= 0.6 is 39.3 Å². The Morgan fingerprint density at radius 1 is 1.17 bits per heavy atom. The van der Waals surface area contributed by atoms with Gasteiger partial charge in [0.05, 0.1) is 9.83 Å². The molecule has 35 heavy (non-hydrogen) atoms. The first-order valence-electron chi connectivity index (χ1n) is 10.0. The van der Waals surface area contributed by atoms with Gasteiger partial charge in [0.2, 0.25) is 0 Å². The highest BCUT2D eigenvalue weighted by atomic mass is 79.9. The highest BCUT2D eigenvalue weighted by Crippen LogP contribution is 2.32. The van der Waals surface area contributed by atoms with Crippen molar-refractivity contribution in [1.82, 2.24) is 5.32 Å². The number of nitrogens with one attached hydrogen (secondary N) is 1. The molecule has 8 nitrogen and oxygen atoms in total. The molecule has 1 N–H and O–H groups in total. The third kappa shape index (κ3) is 6.36. The molecule has 3 aromatic rings. The molecular formula is C24H15BrClN3O5S. The Morgan fingerprint density at radius 3 is 2.69 bits per heavy atom. The molecule has 0 spiro atoms. The van der Waals surface area contributed by atoms with Gasteiger partial charge in [-0.05, 0) is 65.9 Å². The monoisotopic (exact) mass is 571 g/mol. The van der Waals surface area contributed by atoms with Crippen LogP contribution in [0.25, 0.3) is 6.08 Å². The predicted octanol–water partition coefficient (Wildman–Crippen LogP) is 5.99. The van der Waals surface area contributed by atoms with Crippen molar-refractivity contribution in [2.24, 2.45) is 4.99 Å². The van der Waals surface area contributed by atoms with Gasteiger partial charge in [0, 0.05) is 32.8 Å². The van der Waals surface area contributed by atoms with Gasteiger partial charge in [-0.25, -0.2) is 0 Å². The van der Waals surface area contributed by atoms with Crippen molar-refractivity contribution >= 4 is 68.0 Å². The number of hydrogen-bond donors (Lipinski definition) is 1. The van der Waals surface area contributed by atoms with Crippen molar-refractivity contribution in [3.8, 4) is 5.75 Å². The number of amides is 2. The van der Waals surface area contributed by atoms with Crippen LogP contribution in [0.1, 0.15) is 21.5 Å². The summed E-state index contributed by atoms with van der Waals surface area (Å²) >= 11 is 10.3. The summed E-state index contributed by atoms with van der Waals surface area (Å²) < 4.78 is 6.66. The van der Waals surface area contributed by atoms with E-state index < -0.39 is 16.7 Å². The number of ether oxygens (including phenoxy) is 1. The number of carbonyl (C=O) groups excluding carboxylic acids is 2. The zero-order valence-corrected chi connectivity index (χ0v) is 20.9. The SMILES string of the molecule is O=C1NC(=NC(=O)c2ccc(Cl)cc2)S/C1=C\c1cc(Br)ccc1OCc1cccc([N+](=O)[O-])c1. The number of carbonyl (C=O) groups is 2. The van der Waals surface area contributed by atoms with Crippen LogP contribution < -0.4 is 10.1 Å². The van der Waals surface area contributed by atoms with Crippen molar-refractivity contribution in [3.05, 3.63) is 108 Å². The lowest BCUT2D eigenvalue weighted by atomic mass is 10.1. The summed E-state index contributed by atoms with van der Waals surface area (Å²) in [5.74, 6) is -0.431. The van der Waals surface area contributed by atoms with E-state index in [9.17, 15) is 19.7 Å². The Labute approximate surface area is 217 Å². The van der Waals surface area contributed by atoms with Gasteiger partial charge in [-0.15, -0.1) is 0 Å². The smallest absolute Gasteiger partial charge is 0.279 e. The molecule has 3 aromatic carbocycles. The van der Waals surface area contributed by atoms with Gasteiger partial charge in [0.1, 0.15) is 12.4 Å². The van der Waals surface area contributed by atoms with Crippen LogP contribution in [0, 0.1) is 10.1 Å². The van der Waals surface area contributed by atoms with Gasteiger partial charge in [-0.2, -0.15) is 4.99 Å². The Balaban J connectivity index is 1.53. The second-order valence-electron chi connectivity index (χ2n) is 7.19. The summed E-state index contributed by atoms with van der Waals surface area (Å²) in [5, 5.41) is 14.3. The minimum atomic E-state index is -0.505. The van der Waals surface area contributed by atoms with E-state index in [1.807, 2.05) is 0 Å². The highest BCUT2D eigenvalue weighted by molar-refractivity contribution is 9.10. The van der Waals surface area contributed by atoms with E-state index in [2.05, 4.69) is 26.2 Å². The maximum absolute atomic E-state index is 12.5. The molecule has 0 aromatic heterocycles. The van der Waals surface area contributed by atoms with Gasteiger partial charge < -0.3 is 10.1 Å². The maximum atomic E-state index is 12.5. The molecular weight excluding hydrogens is 558 g/mol. The molecule has 0 aliphatic carbocycles. The van der Waals surface area contributed by atoms with E-state index in [-0.39, 0.29) is 17.5 Å². The Hall–Kier alpha value is -3.47. The molecule has 11 heteroatoms. The van der Waals surface area contributed by atoms with E-state index in [1.54, 1.807) is 60.7 Å². The number of nitro benzene ring substituents is 1. The molecule has 0 saturated carbocycles. The first-order chi connectivity index (χ1) is 16.8. The van der Waals surface area contributed by atoms with Crippen molar-refractivity contribution in [2.45, 2.75) is 6.61 Å². The number of non-ortho nitro benzene ring substituents is 1. The lowest BCUT2D eigenvalue weighted by molar-refractivity contribution is -0.384. The minimum absolute atomic E-state index is 0.0248. The molecule has 1 aliphatic heterocycles. The van der Waals surface area contributed by atoms with Crippen LogP contribution in [-0.4, -0.2) is 21.9 Å². The number of amidine groups is 1. The quantitative estimate of drug-likeness (QED) is 0.221. The molecule has 0 radical (unpaired) electrons. The van der Waals surface area contributed by atoms with Gasteiger partial charge >= 0.3 is 0 Å². The topological polar surface area (TPSA) is 111 Å². The van der Waals surface area contributed by atoms with Crippen LogP contribution in [0.3, 0.4) is 0 Å². The van der Waals surface area contributed by atoms with E-state index in [0.29, 0.717) is 32.4 Å². The Kier molecular flexibility index (Phi) is 7.64. The van der Waals surface area contributed by atoms with Crippen LogP contribution in [0.4, 0.5) is 5.69 Å². The Bertz CT molecular complexity index is 1390. The van der Waals surface area contributed by atoms with Crippen LogP contribution in [0.15, 0.2) is 81.1 Å². The van der Waals surface area contributed by atoms with Crippen LogP contribution in [-0.2, 0) is 11.4 Å². The Morgan fingerprint density at radius 2 is 1.94 bits per heavy atom. The fourth-order valence-corrected chi connectivity index (χ4v) is 4.37. The first kappa shape index (κ1) is 24.6. The number of benzene rings is 3. The molecule has 1 aliphatic rings. The average Bonchev–Trinajstić information content (AvgIpc) is 3.17. The number of nitro groups is 1. The van der Waals surface area contributed by atoms with Gasteiger partial charge in [0.15, 0.2) is 5.17 Å². The molecule has 0 atom stereocenters. The fourth-order valence-electron chi connectivity index (χ4n) is 3.06. The molecule has 1 saturated heterocycles. The van der Waals surface area contributed by atoms with E-state index in [4.69, 9.17) is 16.3 Å². The van der Waals surface area contributed by atoms with E-state index >= 15 is 0 Å². The molecule has 1 heterocycles. The van der Waals surface area contributed by atoms with Crippen molar-refractivity contribution in [1.29, 1.82) is 0 Å². The second-order valence-corrected chi connectivity index (χ2v) is 9.57.